The van der Waals surface area contributed by atoms with Crippen LogP contribution in [0.25, 0.3) is 0 Å². The average molecular weight is 912 g/mol. The van der Waals surface area contributed by atoms with Gasteiger partial charge in [0, 0.05) is 76.1 Å². The molecule has 11 atom stereocenters. The molecule has 2 aromatic carbocycles. The number of hydrogen-bond acceptors (Lipinski definition) is 12. The first kappa shape index (κ1) is 46.4. The summed E-state index contributed by atoms with van der Waals surface area (Å²) in [6.07, 6.45) is 4.31. The van der Waals surface area contributed by atoms with E-state index in [0.29, 0.717) is 41.8 Å². The molecule has 0 bridgehead atoms. The van der Waals surface area contributed by atoms with E-state index in [1.165, 1.54) is 30.8 Å². The van der Waals surface area contributed by atoms with Crippen LogP contribution in [0.15, 0.2) is 89.4 Å². The highest BCUT2D eigenvalue weighted by Crippen LogP contribution is 2.72. The lowest BCUT2D eigenvalue weighted by Crippen LogP contribution is -2.69. The Balaban J connectivity index is 0.854. The Kier molecular flexibility index (Phi) is 12.6. The Bertz CT molecular complexity index is 2400. The number of allylic oxidation sites excluding steroid dienone is 4. The molecular formula is C49H54FN3O11S. The molecule has 2 aliphatic heterocycles. The van der Waals surface area contributed by atoms with Crippen LogP contribution in [0.3, 0.4) is 0 Å². The number of halogens is 1. The molecule has 2 aromatic rings. The minimum absolute atomic E-state index is 0.0936. The van der Waals surface area contributed by atoms with Crippen molar-refractivity contribution in [3.63, 3.8) is 0 Å². The molecule has 4 aliphatic carbocycles. The molecule has 4 amide bonds. The van der Waals surface area contributed by atoms with Crippen LogP contribution in [-0.4, -0.2) is 98.8 Å². The van der Waals surface area contributed by atoms with Gasteiger partial charge in [-0.3, -0.25) is 38.5 Å². The summed E-state index contributed by atoms with van der Waals surface area (Å²) >= 11 is 1.54. The Morgan fingerprint density at radius 3 is 2.43 bits per heavy atom. The number of ketones is 3. The van der Waals surface area contributed by atoms with Gasteiger partial charge in [0.05, 0.1) is 18.2 Å². The first-order valence-corrected chi connectivity index (χ1v) is 23.1. The van der Waals surface area contributed by atoms with Crippen LogP contribution in [0.5, 0.6) is 0 Å². The lowest BCUT2D eigenvalue weighted by Gasteiger charge is -2.62. The molecule has 0 radical (unpaired) electrons. The summed E-state index contributed by atoms with van der Waals surface area (Å²) in [6.45, 7) is 5.83. The SMILES string of the molecule is C[C@H](CC(=O)[C@H](C)NC(=O)CCN1C(=O)C=CC1=O)C(=O)Nc1cccc(SCc2ccc([C@@H]3O[C@@H]4C[C@H]5[C@@H]6CCC7=CC(=O)C=C[C@]7(C)[C@@]6(F)[C@@H](O)C[C@]5(C)[C@]4(C(=O)CO)O3)cc2)c1. The number of nitrogens with zero attached hydrogens (tertiary/aromatic N) is 1. The fraction of sp³-hybridized carbons (Fsp3) is 0.490. The molecule has 1 saturated heterocycles. The number of alkyl halides is 1. The number of hydrogen-bond donors (Lipinski definition) is 4. The summed E-state index contributed by atoms with van der Waals surface area (Å²) in [7, 11) is 0. The number of benzene rings is 2. The van der Waals surface area contributed by atoms with Gasteiger partial charge in [-0.05, 0) is 81.4 Å². The third-order valence-electron chi connectivity index (χ3n) is 15.0. The minimum Gasteiger partial charge on any atom is -0.390 e. The van der Waals surface area contributed by atoms with Crippen LogP contribution in [0.1, 0.15) is 83.6 Å². The van der Waals surface area contributed by atoms with E-state index >= 15 is 4.39 Å². The van der Waals surface area contributed by atoms with Crippen molar-refractivity contribution in [3.05, 3.63) is 95.6 Å². The fourth-order valence-electron chi connectivity index (χ4n) is 11.4. The van der Waals surface area contributed by atoms with Crippen molar-refractivity contribution >= 4 is 58.4 Å². The number of carbonyl (C=O) groups is 7. The highest BCUT2D eigenvalue weighted by atomic mass is 32.2. The number of anilines is 1. The van der Waals surface area contributed by atoms with E-state index < -0.39 is 94.5 Å². The van der Waals surface area contributed by atoms with E-state index in [4.69, 9.17) is 9.47 Å². The number of aliphatic hydroxyl groups is 2. The zero-order valence-corrected chi connectivity index (χ0v) is 37.5. The van der Waals surface area contributed by atoms with Crippen LogP contribution in [0.4, 0.5) is 10.1 Å². The number of thioether (sulfide) groups is 1. The second-order valence-electron chi connectivity index (χ2n) is 18.7. The lowest BCUT2D eigenvalue weighted by molar-refractivity contribution is -0.231. The van der Waals surface area contributed by atoms with Crippen molar-refractivity contribution in [1.29, 1.82) is 0 Å². The van der Waals surface area contributed by atoms with E-state index in [0.717, 1.165) is 27.5 Å². The first-order chi connectivity index (χ1) is 30.8. The molecule has 65 heavy (non-hydrogen) atoms. The number of fused-ring (bicyclic) bond motifs is 7. The third-order valence-corrected chi connectivity index (χ3v) is 16.0. The lowest BCUT2D eigenvalue weighted by atomic mass is 9.44. The zero-order chi connectivity index (χ0) is 46.6. The van der Waals surface area contributed by atoms with Crippen molar-refractivity contribution in [3.8, 4) is 0 Å². The normalized spacial score (nSPS) is 33.1. The maximum atomic E-state index is 17.7. The van der Waals surface area contributed by atoms with Gasteiger partial charge >= 0.3 is 0 Å². The van der Waals surface area contributed by atoms with E-state index in [1.54, 1.807) is 26.0 Å². The van der Waals surface area contributed by atoms with Crippen molar-refractivity contribution in [2.45, 2.75) is 113 Å². The van der Waals surface area contributed by atoms with Gasteiger partial charge < -0.3 is 30.3 Å². The largest absolute Gasteiger partial charge is 0.390 e. The fourth-order valence-corrected chi connectivity index (χ4v) is 12.3. The maximum absolute atomic E-state index is 17.7. The van der Waals surface area contributed by atoms with Crippen molar-refractivity contribution in [1.82, 2.24) is 10.2 Å². The third kappa shape index (κ3) is 7.94. The highest BCUT2D eigenvalue weighted by Gasteiger charge is 2.79. The standard InChI is InChI=1S/C49H54FN3O11S/c1-27(20-37(56)28(2)51-41(59)17-19-53-42(60)14-15-43(53)61)44(62)52-32-6-5-7-34(22-32)65-26-29-8-10-30(11-9-29)45-63-40-23-36-35-13-12-31-21-33(55)16-18-46(31,3)48(35,50)38(57)24-47(36,4)49(40,64-45)39(58)25-54/h5-11,14-16,18,21-22,27-28,35-36,38,40,45,54,57H,12-13,17,19-20,23-26H2,1-4H3,(H,51,59)(H,52,62)/t27-,28+,35+,36+,38+,40-,45-,46+,47+,48+,49-/m1/s1. The number of nitrogens with one attached hydrogen (secondary N) is 2. The molecule has 8 rings (SSSR count). The summed E-state index contributed by atoms with van der Waals surface area (Å²) in [4.78, 5) is 89.8. The number of Topliss-reactive ketones (excluding diaryl/α,β-unsaturated/α-hetero) is 2. The van der Waals surface area contributed by atoms with Crippen molar-refractivity contribution < 1.29 is 57.6 Å². The maximum Gasteiger partial charge on any atom is 0.253 e. The Morgan fingerprint density at radius 2 is 1.72 bits per heavy atom. The molecule has 344 valence electrons. The molecule has 4 N–H and O–H groups in total. The Hall–Kier alpha value is -5.13. The molecule has 3 saturated carbocycles. The van der Waals surface area contributed by atoms with Crippen molar-refractivity contribution in [2.24, 2.45) is 28.6 Å². The Labute approximate surface area is 380 Å². The number of imide groups is 1. The van der Waals surface area contributed by atoms with Gasteiger partial charge in [-0.25, -0.2) is 4.39 Å². The minimum atomic E-state index is -2.09. The second kappa shape index (κ2) is 17.6. The number of aliphatic hydroxyl groups excluding tert-OH is 2. The summed E-state index contributed by atoms with van der Waals surface area (Å²) in [6, 6.07) is 14.0. The average Bonchev–Trinajstić information content (AvgIpc) is 3.90. The molecule has 0 aromatic heterocycles. The van der Waals surface area contributed by atoms with Gasteiger partial charge in [0.2, 0.25) is 11.8 Å². The second-order valence-corrected chi connectivity index (χ2v) is 19.8. The van der Waals surface area contributed by atoms with Gasteiger partial charge in [0.25, 0.3) is 11.8 Å². The molecule has 0 spiro atoms. The monoisotopic (exact) mass is 911 g/mol. The van der Waals surface area contributed by atoms with Crippen LogP contribution < -0.4 is 10.6 Å². The summed E-state index contributed by atoms with van der Waals surface area (Å²) < 4.78 is 30.9. The van der Waals surface area contributed by atoms with Gasteiger partial charge in [-0.1, -0.05) is 55.8 Å². The number of rotatable bonds is 15. The molecule has 6 aliphatic rings. The number of amides is 4. The Morgan fingerprint density at radius 1 is 1.00 bits per heavy atom. The van der Waals surface area contributed by atoms with Crippen molar-refractivity contribution in [2.75, 3.05) is 18.5 Å². The van der Waals surface area contributed by atoms with Gasteiger partial charge in [-0.15, -0.1) is 11.8 Å². The molecular weight excluding hydrogens is 858 g/mol. The van der Waals surface area contributed by atoms with E-state index in [-0.39, 0.29) is 43.3 Å². The van der Waals surface area contributed by atoms with Gasteiger partial charge in [0.15, 0.2) is 34.9 Å². The molecule has 14 nitrogen and oxygen atoms in total. The first-order valence-electron chi connectivity index (χ1n) is 22.1. The number of ether oxygens (including phenoxy) is 2. The molecule has 0 unspecified atom stereocenters. The van der Waals surface area contributed by atoms with E-state index in [2.05, 4.69) is 10.6 Å². The van der Waals surface area contributed by atoms with Gasteiger partial charge in [0.1, 0.15) is 6.61 Å². The molecule has 16 heteroatoms. The van der Waals surface area contributed by atoms with Gasteiger partial charge in [-0.2, -0.15) is 0 Å². The van der Waals surface area contributed by atoms with Crippen LogP contribution in [0.2, 0.25) is 0 Å². The van der Waals surface area contributed by atoms with Crippen LogP contribution in [0, 0.1) is 28.6 Å². The topological polar surface area (TPSA) is 206 Å². The zero-order valence-electron chi connectivity index (χ0n) is 36.7. The molecule has 2 heterocycles. The summed E-state index contributed by atoms with van der Waals surface area (Å²) in [5.74, 6) is -4.16. The summed E-state index contributed by atoms with van der Waals surface area (Å²) in [5, 5.41) is 27.6. The highest BCUT2D eigenvalue weighted by molar-refractivity contribution is 7.98. The number of carbonyl (C=O) groups excluding carboxylic acids is 7. The smallest absolute Gasteiger partial charge is 0.253 e. The van der Waals surface area contributed by atoms with Crippen LogP contribution >= 0.6 is 11.8 Å². The van der Waals surface area contributed by atoms with E-state index in [1.807, 2.05) is 49.4 Å². The summed E-state index contributed by atoms with van der Waals surface area (Å²) in [5.41, 5.74) is -3.11. The van der Waals surface area contributed by atoms with Crippen LogP contribution in [-0.2, 0) is 48.8 Å². The molecule has 4 fully saturated rings. The quantitative estimate of drug-likeness (QED) is 0.137. The predicted molar refractivity (Wildman–Crippen MR) is 235 cm³/mol. The predicted octanol–water partition coefficient (Wildman–Crippen LogP) is 5.03. The van der Waals surface area contributed by atoms with E-state index in [9.17, 15) is 43.8 Å².